The molecule has 1 aromatic carbocycles. The van der Waals surface area contributed by atoms with Crippen LogP contribution in [-0.2, 0) is 6.42 Å². The second-order valence-corrected chi connectivity index (χ2v) is 11.7. The Balaban J connectivity index is 2.01. The van der Waals surface area contributed by atoms with E-state index in [-0.39, 0.29) is 4.08 Å². The van der Waals surface area contributed by atoms with Crippen molar-refractivity contribution in [3.8, 4) is 11.5 Å². The number of ether oxygens (including phenoxy) is 2. The Kier molecular flexibility index (Phi) is 8.28. The highest BCUT2D eigenvalue weighted by molar-refractivity contribution is 8.18. The van der Waals surface area contributed by atoms with Crippen LogP contribution >= 0.6 is 23.5 Å². The standard InChI is InChI=1S/C25H37NO2S2/c1-7-11-29-25(30-12-8-2)16-22-21-15-24(28-6)23(27-5)14-19(21)9-10-26(22)17-20(25)13-18(3)4/h7-8,14-15,18,20,22H,1-2,9-13,16-17H2,3-6H3. The van der Waals surface area contributed by atoms with Crippen molar-refractivity contribution in [3.63, 3.8) is 0 Å². The van der Waals surface area contributed by atoms with Crippen LogP contribution in [0.1, 0.15) is 43.9 Å². The lowest BCUT2D eigenvalue weighted by Crippen LogP contribution is -2.52. The Hall–Kier alpha value is -1.04. The van der Waals surface area contributed by atoms with E-state index in [2.05, 4.69) is 79.7 Å². The van der Waals surface area contributed by atoms with Gasteiger partial charge in [0.15, 0.2) is 11.5 Å². The van der Waals surface area contributed by atoms with Gasteiger partial charge in [-0.25, -0.2) is 0 Å². The van der Waals surface area contributed by atoms with Crippen LogP contribution in [0.15, 0.2) is 37.4 Å². The van der Waals surface area contributed by atoms with Gasteiger partial charge in [-0.1, -0.05) is 26.0 Å². The molecule has 166 valence electrons. The molecule has 1 saturated heterocycles. The SMILES string of the molecule is C=CCSC1(SCC=C)CC2c3cc(OC)c(OC)cc3CCN2CC1CC(C)C. The van der Waals surface area contributed by atoms with Crippen LogP contribution in [0.3, 0.4) is 0 Å². The zero-order valence-corrected chi connectivity index (χ0v) is 20.6. The van der Waals surface area contributed by atoms with E-state index in [1.165, 1.54) is 17.5 Å². The number of fused-ring (bicyclic) bond motifs is 3. The maximum Gasteiger partial charge on any atom is 0.161 e. The van der Waals surface area contributed by atoms with Crippen LogP contribution in [-0.4, -0.2) is 47.8 Å². The van der Waals surface area contributed by atoms with Gasteiger partial charge in [0.1, 0.15) is 0 Å². The van der Waals surface area contributed by atoms with E-state index in [0.717, 1.165) is 48.9 Å². The van der Waals surface area contributed by atoms with Crippen molar-refractivity contribution in [2.24, 2.45) is 11.8 Å². The number of methoxy groups -OCH3 is 2. The summed E-state index contributed by atoms with van der Waals surface area (Å²) < 4.78 is 11.4. The number of rotatable bonds is 10. The largest absolute Gasteiger partial charge is 0.493 e. The van der Waals surface area contributed by atoms with Gasteiger partial charge in [0.05, 0.1) is 18.3 Å². The molecule has 0 aromatic heterocycles. The summed E-state index contributed by atoms with van der Waals surface area (Å²) in [7, 11) is 3.45. The van der Waals surface area contributed by atoms with Gasteiger partial charge >= 0.3 is 0 Å². The Morgan fingerprint density at radius 3 is 2.33 bits per heavy atom. The first-order valence-electron chi connectivity index (χ1n) is 11.0. The van der Waals surface area contributed by atoms with Crippen molar-refractivity contribution in [1.29, 1.82) is 0 Å². The highest BCUT2D eigenvalue weighted by Crippen LogP contribution is 2.57. The van der Waals surface area contributed by atoms with E-state index in [1.807, 2.05) is 0 Å². The fraction of sp³-hybridized carbons (Fsp3) is 0.600. The fourth-order valence-corrected chi connectivity index (χ4v) is 7.92. The number of hydrogen-bond donors (Lipinski definition) is 0. The summed E-state index contributed by atoms with van der Waals surface area (Å²) in [6.07, 6.45) is 7.60. The molecule has 5 heteroatoms. The predicted molar refractivity (Wildman–Crippen MR) is 133 cm³/mol. The van der Waals surface area contributed by atoms with Crippen LogP contribution in [0.25, 0.3) is 0 Å². The van der Waals surface area contributed by atoms with Crippen molar-refractivity contribution in [3.05, 3.63) is 48.6 Å². The number of piperidine rings is 1. The minimum absolute atomic E-state index is 0.176. The quantitative estimate of drug-likeness (QED) is 0.313. The zero-order chi connectivity index (χ0) is 21.7. The molecule has 3 rings (SSSR count). The molecule has 0 amide bonds. The van der Waals surface area contributed by atoms with E-state index < -0.39 is 0 Å². The van der Waals surface area contributed by atoms with Gasteiger partial charge < -0.3 is 9.47 Å². The molecular formula is C25H37NO2S2. The Bertz CT molecular complexity index is 737. The molecule has 2 unspecified atom stereocenters. The van der Waals surface area contributed by atoms with Gasteiger partial charge in [-0.2, -0.15) is 0 Å². The summed E-state index contributed by atoms with van der Waals surface area (Å²) in [6, 6.07) is 4.85. The lowest BCUT2D eigenvalue weighted by atomic mass is 9.80. The predicted octanol–water partition coefficient (Wildman–Crippen LogP) is 6.20. The van der Waals surface area contributed by atoms with Gasteiger partial charge in [0, 0.05) is 30.6 Å². The minimum Gasteiger partial charge on any atom is -0.493 e. The third-order valence-electron chi connectivity index (χ3n) is 6.32. The second kappa shape index (κ2) is 10.5. The molecule has 30 heavy (non-hydrogen) atoms. The number of hydrogen-bond acceptors (Lipinski definition) is 5. The fourth-order valence-electron chi connectivity index (χ4n) is 5.01. The summed E-state index contributed by atoms with van der Waals surface area (Å²) in [5, 5.41) is 0. The summed E-state index contributed by atoms with van der Waals surface area (Å²) in [6.45, 7) is 15.0. The molecule has 0 N–H and O–H groups in total. The molecule has 0 radical (unpaired) electrons. The van der Waals surface area contributed by atoms with Gasteiger partial charge in [0.25, 0.3) is 0 Å². The monoisotopic (exact) mass is 447 g/mol. The lowest BCUT2D eigenvalue weighted by Gasteiger charge is -2.53. The van der Waals surface area contributed by atoms with E-state index >= 15 is 0 Å². The highest BCUT2D eigenvalue weighted by atomic mass is 32.2. The van der Waals surface area contributed by atoms with Gasteiger partial charge in [-0.3, -0.25) is 4.90 Å². The van der Waals surface area contributed by atoms with Crippen LogP contribution in [0, 0.1) is 11.8 Å². The zero-order valence-electron chi connectivity index (χ0n) is 19.0. The van der Waals surface area contributed by atoms with Crippen molar-refractivity contribution in [2.45, 2.75) is 43.2 Å². The molecule has 0 aliphatic carbocycles. The minimum atomic E-state index is 0.176. The summed E-state index contributed by atoms with van der Waals surface area (Å²) in [5.74, 6) is 5.01. The maximum atomic E-state index is 5.66. The first-order valence-corrected chi connectivity index (χ1v) is 12.9. The molecule has 0 spiro atoms. The molecule has 2 aliphatic rings. The third-order valence-corrected chi connectivity index (χ3v) is 9.80. The summed E-state index contributed by atoms with van der Waals surface area (Å²) in [4.78, 5) is 2.72. The first-order chi connectivity index (χ1) is 14.5. The first kappa shape index (κ1) is 23.6. The number of nitrogens with zero attached hydrogens (tertiary/aromatic N) is 1. The third kappa shape index (κ3) is 4.89. The van der Waals surface area contributed by atoms with Crippen LogP contribution in [0.2, 0.25) is 0 Å². The average Bonchev–Trinajstić information content (AvgIpc) is 2.75. The van der Waals surface area contributed by atoms with Crippen LogP contribution in [0.5, 0.6) is 11.5 Å². The molecular weight excluding hydrogens is 410 g/mol. The van der Waals surface area contributed by atoms with E-state index in [1.54, 1.807) is 14.2 Å². The summed E-state index contributed by atoms with van der Waals surface area (Å²) in [5.41, 5.74) is 2.83. The highest BCUT2D eigenvalue weighted by Gasteiger charge is 2.49. The molecule has 2 aliphatic heterocycles. The second-order valence-electron chi connectivity index (χ2n) is 8.71. The van der Waals surface area contributed by atoms with E-state index in [9.17, 15) is 0 Å². The molecule has 2 atom stereocenters. The van der Waals surface area contributed by atoms with Gasteiger partial charge in [-0.05, 0) is 54.4 Å². The number of thioether (sulfide) groups is 2. The van der Waals surface area contributed by atoms with Crippen molar-refractivity contribution >= 4 is 23.5 Å². The normalized spacial score (nSPS) is 22.8. The Labute approximate surface area is 191 Å². The Morgan fingerprint density at radius 1 is 1.13 bits per heavy atom. The van der Waals surface area contributed by atoms with Crippen molar-refractivity contribution < 1.29 is 9.47 Å². The summed E-state index contributed by atoms with van der Waals surface area (Å²) >= 11 is 4.19. The molecule has 0 saturated carbocycles. The Morgan fingerprint density at radius 2 is 1.77 bits per heavy atom. The van der Waals surface area contributed by atoms with Crippen LogP contribution in [0.4, 0.5) is 0 Å². The van der Waals surface area contributed by atoms with Gasteiger partial charge in [-0.15, -0.1) is 36.7 Å². The molecule has 1 fully saturated rings. The maximum absolute atomic E-state index is 5.66. The van der Waals surface area contributed by atoms with Gasteiger partial charge in [0.2, 0.25) is 0 Å². The lowest BCUT2D eigenvalue weighted by molar-refractivity contribution is 0.0861. The van der Waals surface area contributed by atoms with E-state index in [4.69, 9.17) is 9.47 Å². The van der Waals surface area contributed by atoms with Crippen LogP contribution < -0.4 is 9.47 Å². The molecule has 0 bridgehead atoms. The average molecular weight is 448 g/mol. The van der Waals surface area contributed by atoms with Crippen molar-refractivity contribution in [2.75, 3.05) is 38.8 Å². The van der Waals surface area contributed by atoms with Crippen molar-refractivity contribution in [1.82, 2.24) is 4.90 Å². The van der Waals surface area contributed by atoms with E-state index in [0.29, 0.717) is 17.9 Å². The number of benzene rings is 1. The smallest absolute Gasteiger partial charge is 0.161 e. The molecule has 1 aromatic rings. The topological polar surface area (TPSA) is 21.7 Å². The molecule has 2 heterocycles. The molecule has 3 nitrogen and oxygen atoms in total.